The van der Waals surface area contributed by atoms with Crippen LogP contribution in [0.15, 0.2) is 61.1 Å². The molecular formula is C33H31ClN6O5. The molecule has 12 heteroatoms. The maximum absolute atomic E-state index is 12.3. The predicted octanol–water partition coefficient (Wildman–Crippen LogP) is 6.91. The fraction of sp³-hybridized carbons (Fsp3) is 0.333. The van der Waals surface area contributed by atoms with Crippen molar-refractivity contribution in [2.75, 3.05) is 18.4 Å². The van der Waals surface area contributed by atoms with Gasteiger partial charge < -0.3 is 19.7 Å². The number of carbonyl (C=O) groups excluding carboxylic acids is 1. The number of hydrogen-bond acceptors (Lipinski definition) is 9. The second kappa shape index (κ2) is 11.9. The molecule has 0 bridgehead atoms. The number of nitro groups is 1. The van der Waals surface area contributed by atoms with Crippen molar-refractivity contribution in [3.8, 4) is 17.6 Å². The quantitative estimate of drug-likeness (QED) is 0.138. The molecule has 2 fully saturated rings. The van der Waals surface area contributed by atoms with Gasteiger partial charge in [0.15, 0.2) is 0 Å². The molecule has 0 radical (unpaired) electrons. The van der Waals surface area contributed by atoms with E-state index in [1.165, 1.54) is 12.4 Å². The lowest BCUT2D eigenvalue weighted by Gasteiger charge is -2.57. The van der Waals surface area contributed by atoms with Crippen molar-refractivity contribution in [3.63, 3.8) is 0 Å². The summed E-state index contributed by atoms with van der Waals surface area (Å²) in [7, 11) is 0. The number of amides is 1. The van der Waals surface area contributed by atoms with Gasteiger partial charge in [0.2, 0.25) is 0 Å². The Bertz CT molecular complexity index is 1840. The molecule has 1 saturated heterocycles. The van der Waals surface area contributed by atoms with Crippen molar-refractivity contribution in [1.29, 1.82) is 0 Å². The normalized spacial score (nSPS) is 15.4. The number of likely N-dealkylation sites (tertiary alicyclic amines) is 1. The first-order chi connectivity index (χ1) is 21.5. The summed E-state index contributed by atoms with van der Waals surface area (Å²) in [6.07, 6.45) is 4.47. The van der Waals surface area contributed by atoms with E-state index < -0.39 is 10.5 Å². The number of halogens is 1. The fourth-order valence-corrected chi connectivity index (χ4v) is 5.89. The Hall–Kier alpha value is -4.95. The summed E-state index contributed by atoms with van der Waals surface area (Å²) in [4.78, 5) is 38.5. The van der Waals surface area contributed by atoms with E-state index in [4.69, 9.17) is 21.1 Å². The number of nitrogens with zero attached hydrogens (tertiary/aromatic N) is 5. The summed E-state index contributed by atoms with van der Waals surface area (Å²) >= 11 is 6.47. The molecule has 2 aliphatic rings. The largest absolute Gasteiger partial charge is 0.486 e. The van der Waals surface area contributed by atoms with Crippen molar-refractivity contribution in [3.05, 3.63) is 87.4 Å². The highest BCUT2D eigenvalue weighted by molar-refractivity contribution is 6.32. The molecule has 1 aliphatic heterocycles. The fourth-order valence-electron chi connectivity index (χ4n) is 5.65. The summed E-state index contributed by atoms with van der Waals surface area (Å²) in [6, 6.07) is 13.8. The van der Waals surface area contributed by atoms with E-state index in [0.717, 1.165) is 18.5 Å². The summed E-state index contributed by atoms with van der Waals surface area (Å²) in [5.74, 6) is 7.23. The lowest BCUT2D eigenvalue weighted by atomic mass is 9.58. The molecule has 1 spiro atoms. The van der Waals surface area contributed by atoms with E-state index in [9.17, 15) is 14.9 Å². The van der Waals surface area contributed by atoms with E-state index >= 15 is 0 Å². The number of fused-ring (bicyclic) bond motifs is 1. The summed E-state index contributed by atoms with van der Waals surface area (Å²) in [6.45, 7) is 7.11. The highest BCUT2D eigenvalue weighted by atomic mass is 35.5. The Morgan fingerprint density at radius 2 is 1.96 bits per heavy atom. The van der Waals surface area contributed by atoms with Crippen LogP contribution in [0.2, 0.25) is 5.02 Å². The number of carbonyl (C=O) groups is 1. The van der Waals surface area contributed by atoms with Gasteiger partial charge in [0.1, 0.15) is 35.7 Å². The van der Waals surface area contributed by atoms with Crippen LogP contribution >= 0.6 is 11.6 Å². The third-order valence-electron chi connectivity index (χ3n) is 7.72. The smallest absolute Gasteiger partial charge is 0.410 e. The van der Waals surface area contributed by atoms with Gasteiger partial charge in [-0.25, -0.2) is 14.8 Å². The van der Waals surface area contributed by atoms with Gasteiger partial charge in [-0.05, 0) is 70.0 Å². The molecule has 0 unspecified atom stereocenters. The van der Waals surface area contributed by atoms with Crippen LogP contribution < -0.4 is 10.1 Å². The van der Waals surface area contributed by atoms with Gasteiger partial charge in [-0.2, -0.15) is 0 Å². The van der Waals surface area contributed by atoms with Crippen LogP contribution in [0.5, 0.6) is 5.75 Å². The van der Waals surface area contributed by atoms with E-state index in [0.29, 0.717) is 51.8 Å². The lowest BCUT2D eigenvalue weighted by Crippen LogP contribution is -2.64. The molecule has 1 amide bonds. The number of benzene rings is 2. The summed E-state index contributed by atoms with van der Waals surface area (Å²) in [5.41, 5.74) is 1.61. The predicted molar refractivity (Wildman–Crippen MR) is 169 cm³/mol. The van der Waals surface area contributed by atoms with Crippen LogP contribution in [-0.4, -0.2) is 49.6 Å². The van der Waals surface area contributed by atoms with E-state index in [1.807, 2.05) is 39.0 Å². The highest BCUT2D eigenvalue weighted by Gasteiger charge is 2.54. The number of pyridine rings is 1. The third-order valence-corrected chi connectivity index (χ3v) is 8.02. The Kier molecular flexibility index (Phi) is 7.93. The SMILES string of the molecule is CC(C)(C)OC(=O)N1CC2(CC(C#Cc3cc4ncnc(Nc5ccc(OCc6ccccn6)c(Cl)c5)c4cc3[N+](=O)[O-])C2)C1. The molecule has 0 atom stereocenters. The molecule has 230 valence electrons. The van der Waals surface area contributed by atoms with Crippen LogP contribution in [0.4, 0.5) is 22.0 Å². The van der Waals surface area contributed by atoms with Crippen LogP contribution in [-0.2, 0) is 11.3 Å². The van der Waals surface area contributed by atoms with Crippen LogP contribution in [0.25, 0.3) is 10.9 Å². The van der Waals surface area contributed by atoms with Crippen molar-refractivity contribution in [2.45, 2.75) is 45.8 Å². The van der Waals surface area contributed by atoms with Gasteiger partial charge >= 0.3 is 6.09 Å². The molecule has 3 heterocycles. The minimum Gasteiger partial charge on any atom is -0.486 e. The van der Waals surface area contributed by atoms with E-state index in [-0.39, 0.29) is 29.7 Å². The molecule has 6 rings (SSSR count). The van der Waals surface area contributed by atoms with Gasteiger partial charge in [-0.1, -0.05) is 29.5 Å². The first-order valence-corrected chi connectivity index (χ1v) is 14.9. The van der Waals surface area contributed by atoms with Crippen molar-refractivity contribution >= 4 is 45.8 Å². The molecule has 2 aromatic heterocycles. The second-order valence-corrected chi connectivity index (χ2v) is 12.9. The topological polar surface area (TPSA) is 133 Å². The van der Waals surface area contributed by atoms with Gasteiger partial charge in [0.05, 0.1) is 21.2 Å². The average Bonchev–Trinajstić information content (AvgIpc) is 2.94. The van der Waals surface area contributed by atoms with E-state index in [2.05, 4.69) is 32.1 Å². The minimum atomic E-state index is -0.528. The van der Waals surface area contributed by atoms with Crippen molar-refractivity contribution in [1.82, 2.24) is 19.9 Å². The molecule has 1 aliphatic carbocycles. The maximum atomic E-state index is 12.3. The highest BCUT2D eigenvalue weighted by Crippen LogP contribution is 2.52. The second-order valence-electron chi connectivity index (χ2n) is 12.5. The van der Waals surface area contributed by atoms with Gasteiger partial charge in [-0.15, -0.1) is 0 Å². The first kappa shape index (κ1) is 30.1. The van der Waals surface area contributed by atoms with E-state index in [1.54, 1.807) is 35.4 Å². The third kappa shape index (κ3) is 6.76. The number of hydrogen-bond donors (Lipinski definition) is 1. The zero-order valence-electron chi connectivity index (χ0n) is 25.0. The molecule has 2 aromatic carbocycles. The Morgan fingerprint density at radius 1 is 1.16 bits per heavy atom. The zero-order valence-corrected chi connectivity index (χ0v) is 25.8. The minimum absolute atomic E-state index is 0.0612. The number of anilines is 2. The molecule has 11 nitrogen and oxygen atoms in total. The van der Waals surface area contributed by atoms with Crippen molar-refractivity contribution < 1.29 is 19.2 Å². The standard InChI is InChI=1S/C33H31ClN6O5/c1-32(2,3)45-31(41)39-18-33(19-39)15-21(16-33)7-8-22-12-27-25(14-28(22)40(42)43)30(37-20-36-27)38-23-9-10-29(26(34)13-23)44-17-24-6-4-5-11-35-24/h4-6,9-14,20-21H,15-19H2,1-3H3,(H,36,37,38). The Morgan fingerprint density at radius 3 is 2.64 bits per heavy atom. The maximum Gasteiger partial charge on any atom is 0.410 e. The van der Waals surface area contributed by atoms with Crippen LogP contribution in [0, 0.1) is 33.3 Å². The number of rotatable bonds is 6. The first-order valence-electron chi connectivity index (χ1n) is 14.5. The number of ether oxygens (including phenoxy) is 2. The Balaban J connectivity index is 1.14. The molecular weight excluding hydrogens is 596 g/mol. The number of aromatic nitrogens is 3. The average molecular weight is 627 g/mol. The Labute approximate surface area is 265 Å². The molecule has 45 heavy (non-hydrogen) atoms. The summed E-state index contributed by atoms with van der Waals surface area (Å²) in [5, 5.41) is 16.1. The monoisotopic (exact) mass is 626 g/mol. The lowest BCUT2D eigenvalue weighted by molar-refractivity contribution is -0.385. The van der Waals surface area contributed by atoms with Crippen molar-refractivity contribution in [2.24, 2.45) is 11.3 Å². The van der Waals surface area contributed by atoms with Gasteiger partial charge in [0, 0.05) is 47.8 Å². The van der Waals surface area contributed by atoms with Crippen LogP contribution in [0.1, 0.15) is 44.9 Å². The zero-order chi connectivity index (χ0) is 31.8. The van der Waals surface area contributed by atoms with Crippen LogP contribution in [0.3, 0.4) is 0 Å². The number of nitrogens with one attached hydrogen (secondary N) is 1. The number of nitro benzene ring substituents is 1. The van der Waals surface area contributed by atoms with Gasteiger partial charge in [-0.3, -0.25) is 15.1 Å². The molecule has 1 saturated carbocycles. The molecule has 1 N–H and O–H groups in total. The molecule has 4 aromatic rings. The summed E-state index contributed by atoms with van der Waals surface area (Å²) < 4.78 is 11.2. The van der Waals surface area contributed by atoms with Gasteiger partial charge in [0.25, 0.3) is 5.69 Å².